The fourth-order valence-corrected chi connectivity index (χ4v) is 6.92. The van der Waals surface area contributed by atoms with Gasteiger partial charge < -0.3 is 15.7 Å². The van der Waals surface area contributed by atoms with Crippen LogP contribution in [0.3, 0.4) is 0 Å². The number of β-lactam (4-membered cyclic amide) rings is 1. The first-order valence-electron chi connectivity index (χ1n) is 9.94. The number of carbonyl (C=O) groups is 4. The molecule has 0 unspecified atom stereocenters. The summed E-state index contributed by atoms with van der Waals surface area (Å²) in [7, 11) is 1.55. The van der Waals surface area contributed by atoms with E-state index in [9.17, 15) is 24.3 Å². The standard InChI is InChI=1S/C21H20N4O5S3/c1-22-14(26)8-12-9-32-21(23-12)33-13-10-31-19-16(18(28)25(19)17(13)20(29)30)24-15(27)7-11-5-3-2-4-6-11/h2-6,9,16,19H,7-8,10H2,1H3,(H,22,26)(H,24,27)(H,29,30)/t16-,19-/m1/s1. The molecular weight excluding hydrogens is 484 g/mol. The number of aliphatic carboxylic acids is 1. The lowest BCUT2D eigenvalue weighted by Gasteiger charge is -2.49. The van der Waals surface area contributed by atoms with E-state index in [4.69, 9.17) is 0 Å². The highest BCUT2D eigenvalue weighted by atomic mass is 32.2. The molecule has 172 valence electrons. The average Bonchev–Trinajstić information content (AvgIpc) is 3.24. The van der Waals surface area contributed by atoms with Crippen LogP contribution in [0, 0.1) is 0 Å². The average molecular weight is 505 g/mol. The Bertz CT molecular complexity index is 1130. The van der Waals surface area contributed by atoms with Gasteiger partial charge in [-0.25, -0.2) is 9.78 Å². The van der Waals surface area contributed by atoms with Crippen LogP contribution in [-0.2, 0) is 32.0 Å². The molecule has 1 aromatic carbocycles. The van der Waals surface area contributed by atoms with Gasteiger partial charge in [-0.1, -0.05) is 42.1 Å². The summed E-state index contributed by atoms with van der Waals surface area (Å²) in [4.78, 5) is 54.9. The minimum atomic E-state index is -1.20. The molecule has 0 spiro atoms. The molecule has 1 aromatic heterocycles. The second-order valence-corrected chi connectivity index (χ2v) is 10.6. The fraction of sp³-hybridized carbons (Fsp3) is 0.286. The number of fused-ring (bicyclic) bond motifs is 1. The normalized spacial score (nSPS) is 19.5. The lowest BCUT2D eigenvalue weighted by molar-refractivity contribution is -0.150. The Balaban J connectivity index is 1.45. The Labute approximate surface area is 202 Å². The highest BCUT2D eigenvalue weighted by Gasteiger charge is 2.54. The van der Waals surface area contributed by atoms with E-state index in [-0.39, 0.29) is 30.4 Å². The van der Waals surface area contributed by atoms with Crippen LogP contribution >= 0.6 is 34.9 Å². The predicted octanol–water partition coefficient (Wildman–Crippen LogP) is 1.46. The molecule has 12 heteroatoms. The third-order valence-corrected chi connectivity index (χ3v) is 8.56. The number of likely N-dealkylation sites (N-methyl/N-ethyl adjacent to an activating group) is 1. The molecule has 9 nitrogen and oxygen atoms in total. The van der Waals surface area contributed by atoms with E-state index >= 15 is 0 Å². The minimum Gasteiger partial charge on any atom is -0.477 e. The van der Waals surface area contributed by atoms with Gasteiger partial charge in [0.05, 0.1) is 18.5 Å². The maximum absolute atomic E-state index is 12.8. The fourth-order valence-electron chi connectivity index (χ4n) is 3.45. The van der Waals surface area contributed by atoms with E-state index < -0.39 is 23.3 Å². The van der Waals surface area contributed by atoms with Crippen molar-refractivity contribution in [1.82, 2.24) is 20.5 Å². The molecule has 1 saturated heterocycles. The van der Waals surface area contributed by atoms with Crippen LogP contribution in [0.1, 0.15) is 11.3 Å². The first-order chi connectivity index (χ1) is 15.9. The summed E-state index contributed by atoms with van der Waals surface area (Å²) in [6, 6.07) is 8.43. The number of carboxylic acids is 1. The first kappa shape index (κ1) is 23.3. The van der Waals surface area contributed by atoms with Gasteiger partial charge in [-0.15, -0.1) is 23.1 Å². The SMILES string of the molecule is CNC(=O)Cc1csc(SC2=C(C(=O)O)N3C(=O)[C@@H](NC(=O)Cc4ccccc4)[C@H]3SC2)n1. The quantitative estimate of drug-likeness (QED) is 0.461. The number of carbonyl (C=O) groups excluding carboxylic acids is 3. The number of rotatable bonds is 8. The summed E-state index contributed by atoms with van der Waals surface area (Å²) in [6.07, 6.45) is 0.289. The summed E-state index contributed by atoms with van der Waals surface area (Å²) in [5.74, 6) is -1.72. The molecule has 1 fully saturated rings. The maximum atomic E-state index is 12.8. The highest BCUT2D eigenvalue weighted by Crippen LogP contribution is 2.45. The number of benzene rings is 1. The zero-order valence-electron chi connectivity index (χ0n) is 17.4. The van der Waals surface area contributed by atoms with Crippen LogP contribution in [0.5, 0.6) is 0 Å². The Morgan fingerprint density at radius 1 is 1.21 bits per heavy atom. The molecule has 33 heavy (non-hydrogen) atoms. The van der Waals surface area contributed by atoms with E-state index in [0.29, 0.717) is 20.7 Å². The molecule has 2 aromatic rings. The van der Waals surface area contributed by atoms with E-state index in [0.717, 1.165) is 5.56 Å². The molecule has 0 radical (unpaired) electrons. The van der Waals surface area contributed by atoms with Crippen molar-refractivity contribution < 1.29 is 24.3 Å². The lowest BCUT2D eigenvalue weighted by atomic mass is 10.0. The van der Waals surface area contributed by atoms with Gasteiger partial charge in [0.1, 0.15) is 17.1 Å². The molecule has 3 amide bonds. The number of aromatic nitrogens is 1. The van der Waals surface area contributed by atoms with Crippen LogP contribution in [0.2, 0.25) is 0 Å². The van der Waals surface area contributed by atoms with Gasteiger partial charge in [0.15, 0.2) is 4.34 Å². The lowest BCUT2D eigenvalue weighted by Crippen LogP contribution is -2.70. The number of thiazole rings is 1. The zero-order valence-corrected chi connectivity index (χ0v) is 19.9. The van der Waals surface area contributed by atoms with Gasteiger partial charge in [0, 0.05) is 23.1 Å². The number of carboxylic acid groups (broad SMARTS) is 1. The molecule has 0 bridgehead atoms. The predicted molar refractivity (Wildman–Crippen MR) is 126 cm³/mol. The van der Waals surface area contributed by atoms with Crippen molar-refractivity contribution in [3.63, 3.8) is 0 Å². The van der Waals surface area contributed by atoms with Gasteiger partial charge >= 0.3 is 5.97 Å². The summed E-state index contributed by atoms with van der Waals surface area (Å²) in [5.41, 5.74) is 1.35. The first-order valence-corrected chi connectivity index (χ1v) is 12.7. The number of hydrogen-bond acceptors (Lipinski definition) is 8. The summed E-state index contributed by atoms with van der Waals surface area (Å²) < 4.78 is 0.599. The third kappa shape index (κ3) is 5.07. The second-order valence-electron chi connectivity index (χ2n) is 7.25. The monoisotopic (exact) mass is 504 g/mol. The van der Waals surface area contributed by atoms with Gasteiger partial charge in [-0.05, 0) is 5.56 Å². The Hall–Kier alpha value is -2.83. The number of amides is 3. The van der Waals surface area contributed by atoms with Gasteiger partial charge in [0.25, 0.3) is 5.91 Å². The molecule has 3 heterocycles. The Morgan fingerprint density at radius 3 is 2.67 bits per heavy atom. The van der Waals surface area contributed by atoms with Crippen LogP contribution in [0.15, 0.2) is 50.7 Å². The number of hydrogen-bond donors (Lipinski definition) is 3. The van der Waals surface area contributed by atoms with E-state index in [1.807, 2.05) is 30.3 Å². The highest BCUT2D eigenvalue weighted by molar-refractivity contribution is 8.07. The van der Waals surface area contributed by atoms with Crippen molar-refractivity contribution in [2.45, 2.75) is 28.6 Å². The van der Waals surface area contributed by atoms with Crippen molar-refractivity contribution in [3.8, 4) is 0 Å². The molecular formula is C21H20N4O5S3. The smallest absolute Gasteiger partial charge is 0.353 e. The third-order valence-electron chi connectivity index (χ3n) is 5.02. The van der Waals surface area contributed by atoms with Crippen LogP contribution in [0.4, 0.5) is 0 Å². The van der Waals surface area contributed by atoms with Crippen molar-refractivity contribution in [2.24, 2.45) is 0 Å². The Kier molecular flexibility index (Phi) is 7.05. The van der Waals surface area contributed by atoms with E-state index in [1.165, 1.54) is 39.8 Å². The summed E-state index contributed by atoms with van der Waals surface area (Å²) >= 11 is 3.91. The topological polar surface area (TPSA) is 129 Å². The molecule has 2 atom stereocenters. The van der Waals surface area contributed by atoms with Crippen molar-refractivity contribution in [1.29, 1.82) is 0 Å². The molecule has 0 saturated carbocycles. The minimum absolute atomic E-state index is 0.0784. The van der Waals surface area contributed by atoms with Gasteiger partial charge in [-0.2, -0.15) is 0 Å². The Morgan fingerprint density at radius 2 is 1.97 bits per heavy atom. The van der Waals surface area contributed by atoms with Crippen LogP contribution < -0.4 is 10.6 Å². The van der Waals surface area contributed by atoms with Crippen LogP contribution in [0.25, 0.3) is 0 Å². The number of nitrogens with one attached hydrogen (secondary N) is 2. The molecule has 2 aliphatic rings. The second kappa shape index (κ2) is 9.98. The van der Waals surface area contributed by atoms with Crippen molar-refractivity contribution in [3.05, 3.63) is 57.6 Å². The van der Waals surface area contributed by atoms with E-state index in [1.54, 1.807) is 12.4 Å². The summed E-state index contributed by atoms with van der Waals surface area (Å²) in [6.45, 7) is 0. The van der Waals surface area contributed by atoms with Crippen LogP contribution in [-0.4, -0.2) is 62.9 Å². The van der Waals surface area contributed by atoms with Gasteiger partial charge in [-0.3, -0.25) is 19.3 Å². The van der Waals surface area contributed by atoms with E-state index in [2.05, 4.69) is 15.6 Å². The van der Waals surface area contributed by atoms with Crippen molar-refractivity contribution >= 4 is 58.6 Å². The summed E-state index contributed by atoms with van der Waals surface area (Å²) in [5, 5.41) is 16.4. The molecule has 2 aliphatic heterocycles. The number of thioether (sulfide) groups is 2. The zero-order chi connectivity index (χ0) is 23.5. The molecule has 0 aliphatic carbocycles. The largest absolute Gasteiger partial charge is 0.477 e. The number of nitrogens with zero attached hydrogens (tertiary/aromatic N) is 2. The molecule has 3 N–H and O–H groups in total. The van der Waals surface area contributed by atoms with Crippen molar-refractivity contribution in [2.75, 3.05) is 12.8 Å². The molecule has 4 rings (SSSR count). The maximum Gasteiger partial charge on any atom is 0.353 e. The van der Waals surface area contributed by atoms with Gasteiger partial charge in [0.2, 0.25) is 11.8 Å².